The molecule has 246 valence electrons. The van der Waals surface area contributed by atoms with Crippen LogP contribution < -0.4 is 0 Å². The summed E-state index contributed by atoms with van der Waals surface area (Å²) in [5.41, 5.74) is 0. The van der Waals surface area contributed by atoms with Crippen LogP contribution in [0.3, 0.4) is 0 Å². The van der Waals surface area contributed by atoms with E-state index in [1.165, 1.54) is 128 Å². The maximum atomic E-state index is 12.1. The molecule has 0 rings (SSSR count). The predicted molar refractivity (Wildman–Crippen MR) is 182 cm³/mol. The Morgan fingerprint density at radius 3 is 1.50 bits per heavy atom. The van der Waals surface area contributed by atoms with E-state index in [0.29, 0.717) is 13.0 Å². The average Bonchev–Trinajstić information content (AvgIpc) is 3.00. The summed E-state index contributed by atoms with van der Waals surface area (Å²) in [6.07, 6.45) is 43.2. The first-order chi connectivity index (χ1) is 20.7. The lowest BCUT2D eigenvalue weighted by molar-refractivity contribution is -0.154. The molecule has 4 nitrogen and oxygen atoms in total. The van der Waals surface area contributed by atoms with Crippen molar-refractivity contribution in [1.29, 1.82) is 0 Å². The van der Waals surface area contributed by atoms with Gasteiger partial charge in [-0.3, -0.25) is 4.79 Å². The summed E-state index contributed by atoms with van der Waals surface area (Å²) >= 11 is 0. The highest BCUT2D eigenvalue weighted by Crippen LogP contribution is 2.12. The van der Waals surface area contributed by atoms with Crippen molar-refractivity contribution in [2.75, 3.05) is 19.8 Å². The summed E-state index contributed by atoms with van der Waals surface area (Å²) in [5.74, 6) is -0.214. The van der Waals surface area contributed by atoms with Crippen LogP contribution in [0, 0.1) is 0 Å². The van der Waals surface area contributed by atoms with Crippen molar-refractivity contribution in [3.63, 3.8) is 0 Å². The molecule has 0 aromatic rings. The van der Waals surface area contributed by atoms with Crippen LogP contribution in [0.25, 0.3) is 0 Å². The molecule has 0 fully saturated rings. The number of hydrogen-bond donors (Lipinski definition) is 1. The minimum absolute atomic E-state index is 0.177. The lowest BCUT2D eigenvalue weighted by Crippen LogP contribution is -2.27. The minimum atomic E-state index is -0.538. The van der Waals surface area contributed by atoms with Gasteiger partial charge in [-0.1, -0.05) is 134 Å². The molecule has 0 aromatic carbocycles. The molecule has 0 radical (unpaired) electrons. The second-order valence-electron chi connectivity index (χ2n) is 11.9. The van der Waals surface area contributed by atoms with Gasteiger partial charge >= 0.3 is 5.97 Å². The topological polar surface area (TPSA) is 55.8 Å². The van der Waals surface area contributed by atoms with E-state index in [-0.39, 0.29) is 19.2 Å². The number of ether oxygens (including phenoxy) is 2. The van der Waals surface area contributed by atoms with Crippen LogP contribution in [0.2, 0.25) is 0 Å². The molecule has 0 aliphatic carbocycles. The van der Waals surface area contributed by atoms with Crippen LogP contribution in [-0.4, -0.2) is 37.0 Å². The monoisotopic (exact) mass is 591 g/mol. The summed E-state index contributed by atoms with van der Waals surface area (Å²) < 4.78 is 11.1. The molecule has 0 aliphatic heterocycles. The smallest absolute Gasteiger partial charge is 0.306 e. The number of hydrogen-bond acceptors (Lipinski definition) is 4. The van der Waals surface area contributed by atoms with Gasteiger partial charge in [-0.25, -0.2) is 0 Å². The fourth-order valence-electron chi connectivity index (χ4n) is 4.94. The molecule has 0 bridgehead atoms. The highest BCUT2D eigenvalue weighted by atomic mass is 16.6. The van der Waals surface area contributed by atoms with Crippen molar-refractivity contribution in [1.82, 2.24) is 0 Å². The SMILES string of the molecule is CCCCC/C=C\C/C=C\CCCCCCCCCCOCC(CO)OC(=O)CCCCCCC/C=C\CCCCC. The van der Waals surface area contributed by atoms with Gasteiger partial charge in [-0.2, -0.15) is 0 Å². The molecule has 1 unspecified atom stereocenters. The van der Waals surface area contributed by atoms with E-state index in [1.807, 2.05) is 0 Å². The van der Waals surface area contributed by atoms with E-state index in [0.717, 1.165) is 25.7 Å². The zero-order valence-electron chi connectivity index (χ0n) is 28.0. The molecule has 0 spiro atoms. The number of esters is 1. The van der Waals surface area contributed by atoms with Crippen molar-refractivity contribution in [2.45, 2.75) is 180 Å². The Bertz CT molecular complexity index is 625. The Morgan fingerprint density at radius 2 is 1.00 bits per heavy atom. The molecule has 0 amide bonds. The van der Waals surface area contributed by atoms with Gasteiger partial charge in [0, 0.05) is 13.0 Å². The molecule has 4 heteroatoms. The summed E-state index contributed by atoms with van der Waals surface area (Å²) in [4.78, 5) is 12.1. The van der Waals surface area contributed by atoms with E-state index in [4.69, 9.17) is 9.47 Å². The summed E-state index contributed by atoms with van der Waals surface area (Å²) in [6.45, 7) is 5.27. The van der Waals surface area contributed by atoms with E-state index in [2.05, 4.69) is 50.3 Å². The Kier molecular flexibility index (Phi) is 34.6. The first-order valence-electron chi connectivity index (χ1n) is 18.1. The molecule has 1 N–H and O–H groups in total. The average molecular weight is 591 g/mol. The Morgan fingerprint density at radius 1 is 0.571 bits per heavy atom. The summed E-state index contributed by atoms with van der Waals surface area (Å²) in [6, 6.07) is 0. The van der Waals surface area contributed by atoms with Crippen molar-refractivity contribution in [3.05, 3.63) is 36.5 Å². The van der Waals surface area contributed by atoms with Crippen molar-refractivity contribution in [2.24, 2.45) is 0 Å². The number of rotatable bonds is 33. The van der Waals surface area contributed by atoms with E-state index in [1.54, 1.807) is 0 Å². The Balaban J connectivity index is 3.46. The van der Waals surface area contributed by atoms with E-state index in [9.17, 15) is 9.90 Å². The third-order valence-corrected chi connectivity index (χ3v) is 7.69. The predicted octanol–water partition coefficient (Wildman–Crippen LogP) is 11.4. The number of carbonyl (C=O) groups excluding carboxylic acids is 1. The van der Waals surface area contributed by atoms with Crippen LogP contribution in [0.4, 0.5) is 0 Å². The first kappa shape index (κ1) is 40.6. The number of allylic oxidation sites excluding steroid dienone is 6. The number of carbonyl (C=O) groups is 1. The number of unbranched alkanes of at least 4 members (excludes halogenated alkanes) is 19. The van der Waals surface area contributed by atoms with Gasteiger partial charge in [-0.15, -0.1) is 0 Å². The molecular weight excluding hydrogens is 520 g/mol. The van der Waals surface area contributed by atoms with Gasteiger partial charge in [0.05, 0.1) is 13.2 Å². The summed E-state index contributed by atoms with van der Waals surface area (Å²) in [7, 11) is 0. The fourth-order valence-corrected chi connectivity index (χ4v) is 4.94. The van der Waals surface area contributed by atoms with Gasteiger partial charge in [-0.05, 0) is 70.6 Å². The lowest BCUT2D eigenvalue weighted by atomic mass is 10.1. The van der Waals surface area contributed by atoms with Gasteiger partial charge in [0.1, 0.15) is 6.10 Å². The van der Waals surface area contributed by atoms with Crippen molar-refractivity contribution in [3.8, 4) is 0 Å². The molecule has 0 aliphatic rings. The van der Waals surface area contributed by atoms with Crippen LogP contribution in [0.1, 0.15) is 174 Å². The van der Waals surface area contributed by atoms with Gasteiger partial charge in [0.2, 0.25) is 0 Å². The van der Waals surface area contributed by atoms with Crippen LogP contribution >= 0.6 is 0 Å². The van der Waals surface area contributed by atoms with Crippen molar-refractivity contribution >= 4 is 5.97 Å². The van der Waals surface area contributed by atoms with Gasteiger partial charge < -0.3 is 14.6 Å². The normalized spacial score (nSPS) is 12.7. The molecule has 0 aromatic heterocycles. The summed E-state index contributed by atoms with van der Waals surface area (Å²) in [5, 5.41) is 9.54. The van der Waals surface area contributed by atoms with Gasteiger partial charge in [0.25, 0.3) is 0 Å². The third-order valence-electron chi connectivity index (χ3n) is 7.69. The molecular formula is C38H70O4. The van der Waals surface area contributed by atoms with E-state index < -0.39 is 6.10 Å². The van der Waals surface area contributed by atoms with Crippen molar-refractivity contribution < 1.29 is 19.4 Å². The highest BCUT2D eigenvalue weighted by molar-refractivity contribution is 5.69. The third kappa shape index (κ3) is 33.1. The highest BCUT2D eigenvalue weighted by Gasteiger charge is 2.13. The maximum absolute atomic E-state index is 12.1. The first-order valence-corrected chi connectivity index (χ1v) is 18.1. The quantitative estimate of drug-likeness (QED) is 0.0469. The van der Waals surface area contributed by atoms with Gasteiger partial charge in [0.15, 0.2) is 0 Å². The molecule has 0 heterocycles. The number of aliphatic hydroxyl groups is 1. The second kappa shape index (κ2) is 35.8. The van der Waals surface area contributed by atoms with Crippen LogP contribution in [0.15, 0.2) is 36.5 Å². The van der Waals surface area contributed by atoms with Crippen LogP contribution in [0.5, 0.6) is 0 Å². The Hall–Kier alpha value is -1.39. The minimum Gasteiger partial charge on any atom is -0.457 e. The number of aliphatic hydroxyl groups excluding tert-OH is 1. The second-order valence-corrected chi connectivity index (χ2v) is 11.9. The molecule has 0 saturated carbocycles. The lowest BCUT2D eigenvalue weighted by Gasteiger charge is -2.15. The molecule has 1 atom stereocenters. The van der Waals surface area contributed by atoms with E-state index >= 15 is 0 Å². The standard InChI is InChI=1S/C38H70O4/c1-3-5-7-9-11-13-15-17-18-19-20-21-22-24-26-28-30-32-34-41-36-37(35-39)42-38(40)33-31-29-27-25-23-16-14-12-10-8-6-4-2/h11-14,17-18,37,39H,3-10,15-16,19-36H2,1-2H3/b13-11-,14-12-,18-17-. The fraction of sp³-hybridized carbons (Fsp3) is 0.816. The molecule has 0 saturated heterocycles. The molecule has 42 heavy (non-hydrogen) atoms. The Labute approximate surface area is 261 Å². The largest absolute Gasteiger partial charge is 0.457 e. The zero-order valence-corrected chi connectivity index (χ0v) is 28.0. The maximum Gasteiger partial charge on any atom is 0.306 e. The van der Waals surface area contributed by atoms with Crippen LogP contribution in [-0.2, 0) is 14.3 Å². The zero-order chi connectivity index (χ0) is 30.6.